The average molecular weight is 382 g/mol. The third-order valence-electron chi connectivity index (χ3n) is 4.78. The Morgan fingerprint density at radius 1 is 0.931 bits per heavy atom. The van der Waals surface area contributed by atoms with Gasteiger partial charge in [-0.1, -0.05) is 60.7 Å². The molecule has 1 amide bonds. The Bertz CT molecular complexity index is 1160. The molecule has 0 aliphatic rings. The number of carbonyl (C=O) groups is 1. The second kappa shape index (κ2) is 8.02. The zero-order chi connectivity index (χ0) is 20.2. The van der Waals surface area contributed by atoms with Crippen molar-refractivity contribution in [3.8, 4) is 11.1 Å². The van der Waals surface area contributed by atoms with Gasteiger partial charge in [-0.15, -0.1) is 0 Å². The molecule has 4 aromatic rings. The van der Waals surface area contributed by atoms with E-state index in [1.54, 1.807) is 6.21 Å². The van der Waals surface area contributed by atoms with Crippen molar-refractivity contribution in [2.24, 2.45) is 5.10 Å². The fraction of sp³-hybridized carbons (Fsp3) is 0.0833. The minimum absolute atomic E-state index is 0.277. The molecule has 0 spiro atoms. The number of aromatic nitrogens is 1. The van der Waals surface area contributed by atoms with Gasteiger partial charge < -0.3 is 9.88 Å². The molecule has 29 heavy (non-hydrogen) atoms. The van der Waals surface area contributed by atoms with Crippen LogP contribution in [-0.2, 0) is 0 Å². The van der Waals surface area contributed by atoms with Crippen molar-refractivity contribution >= 4 is 28.7 Å². The van der Waals surface area contributed by atoms with E-state index in [4.69, 9.17) is 0 Å². The Morgan fingerprint density at radius 3 is 2.34 bits per heavy atom. The van der Waals surface area contributed by atoms with Crippen molar-refractivity contribution in [1.82, 2.24) is 10.4 Å². The summed E-state index contributed by atoms with van der Waals surface area (Å²) < 4.78 is 0. The largest absolute Gasteiger partial charge is 0.378 e. The second-order valence-corrected chi connectivity index (χ2v) is 6.97. The van der Waals surface area contributed by atoms with E-state index < -0.39 is 0 Å². The van der Waals surface area contributed by atoms with Gasteiger partial charge in [-0.2, -0.15) is 5.10 Å². The molecule has 0 atom stereocenters. The van der Waals surface area contributed by atoms with Gasteiger partial charge in [0.25, 0.3) is 5.91 Å². The minimum atomic E-state index is -0.277. The van der Waals surface area contributed by atoms with Crippen LogP contribution in [0.5, 0.6) is 0 Å². The summed E-state index contributed by atoms with van der Waals surface area (Å²) >= 11 is 0. The molecule has 1 heterocycles. The highest BCUT2D eigenvalue weighted by molar-refractivity contribution is 6.09. The maximum atomic E-state index is 12.9. The van der Waals surface area contributed by atoms with Gasteiger partial charge in [0.2, 0.25) is 0 Å². The van der Waals surface area contributed by atoms with Gasteiger partial charge in [0, 0.05) is 36.2 Å². The van der Waals surface area contributed by atoms with Gasteiger partial charge in [0.05, 0.1) is 6.21 Å². The van der Waals surface area contributed by atoms with Gasteiger partial charge in [-0.05, 0) is 29.3 Å². The Labute approximate surface area is 169 Å². The number of para-hydroxylation sites is 1. The van der Waals surface area contributed by atoms with Crippen LogP contribution in [0.25, 0.3) is 22.0 Å². The molecule has 0 bridgehead atoms. The zero-order valence-electron chi connectivity index (χ0n) is 16.4. The third kappa shape index (κ3) is 3.89. The van der Waals surface area contributed by atoms with Crippen LogP contribution in [0.3, 0.4) is 0 Å². The first-order valence-corrected chi connectivity index (χ1v) is 9.40. The topological polar surface area (TPSA) is 60.5 Å². The molecule has 2 N–H and O–H groups in total. The molecule has 5 nitrogen and oxygen atoms in total. The van der Waals surface area contributed by atoms with E-state index in [-0.39, 0.29) is 5.91 Å². The Kier molecular flexibility index (Phi) is 5.12. The Morgan fingerprint density at radius 2 is 1.62 bits per heavy atom. The van der Waals surface area contributed by atoms with Gasteiger partial charge >= 0.3 is 0 Å². The van der Waals surface area contributed by atoms with Crippen LogP contribution in [0.2, 0.25) is 0 Å². The van der Waals surface area contributed by atoms with Gasteiger partial charge in [0.1, 0.15) is 5.69 Å². The number of aromatic amines is 1. The summed E-state index contributed by atoms with van der Waals surface area (Å²) in [6, 6.07) is 25.7. The lowest BCUT2D eigenvalue weighted by Gasteiger charge is -2.11. The first-order valence-electron chi connectivity index (χ1n) is 9.40. The van der Waals surface area contributed by atoms with E-state index in [2.05, 4.69) is 15.5 Å². The molecule has 3 aromatic carbocycles. The monoisotopic (exact) mass is 382 g/mol. The number of fused-ring (bicyclic) bond motifs is 1. The molecule has 0 unspecified atom stereocenters. The van der Waals surface area contributed by atoms with E-state index in [9.17, 15) is 4.79 Å². The molecule has 1 aromatic heterocycles. The lowest BCUT2D eigenvalue weighted by molar-refractivity contribution is 0.0951. The molecule has 0 saturated carbocycles. The van der Waals surface area contributed by atoms with Crippen LogP contribution in [-0.4, -0.2) is 31.2 Å². The minimum Gasteiger partial charge on any atom is -0.378 e. The second-order valence-electron chi connectivity index (χ2n) is 6.97. The van der Waals surface area contributed by atoms with Crippen molar-refractivity contribution < 1.29 is 4.79 Å². The quantitative estimate of drug-likeness (QED) is 0.389. The third-order valence-corrected chi connectivity index (χ3v) is 4.78. The predicted octanol–water partition coefficient (Wildman–Crippen LogP) is 4.66. The summed E-state index contributed by atoms with van der Waals surface area (Å²) in [5.41, 5.74) is 7.94. The number of hydrogen-bond donors (Lipinski definition) is 2. The highest BCUT2D eigenvalue weighted by Gasteiger charge is 2.18. The summed E-state index contributed by atoms with van der Waals surface area (Å²) in [5, 5.41) is 5.15. The number of carbonyl (C=O) groups excluding carboxylic acids is 1. The maximum absolute atomic E-state index is 12.9. The standard InChI is InChI=1S/C24H22N4O/c1-28(2)19-14-12-17(13-15-19)16-25-27-24(29)23-22(18-8-4-3-5-9-18)20-10-6-7-11-21(20)26-23/h3-16,26H,1-2H3,(H,27,29)/b25-16+. The predicted molar refractivity (Wildman–Crippen MR) is 120 cm³/mol. The summed E-state index contributed by atoms with van der Waals surface area (Å²) in [6.45, 7) is 0. The first-order chi connectivity index (χ1) is 14.1. The SMILES string of the molecule is CN(C)c1ccc(/C=N/NC(=O)c2[nH]c3ccccc3c2-c2ccccc2)cc1. The van der Waals surface area contributed by atoms with Crippen LogP contribution in [0.4, 0.5) is 5.69 Å². The number of nitrogens with one attached hydrogen (secondary N) is 2. The van der Waals surface area contributed by atoms with E-state index in [0.717, 1.165) is 33.3 Å². The highest BCUT2D eigenvalue weighted by Crippen LogP contribution is 2.32. The maximum Gasteiger partial charge on any atom is 0.288 e. The fourth-order valence-electron chi connectivity index (χ4n) is 3.30. The zero-order valence-corrected chi connectivity index (χ0v) is 16.4. The van der Waals surface area contributed by atoms with Crippen LogP contribution in [0.15, 0.2) is 84.0 Å². The smallest absolute Gasteiger partial charge is 0.288 e. The number of anilines is 1. The Balaban J connectivity index is 1.60. The molecule has 0 aliphatic heterocycles. The van der Waals surface area contributed by atoms with E-state index in [1.807, 2.05) is 97.9 Å². The molecule has 144 valence electrons. The van der Waals surface area contributed by atoms with Gasteiger partial charge in [-0.25, -0.2) is 5.43 Å². The number of amides is 1. The molecular formula is C24H22N4O. The fourth-order valence-corrected chi connectivity index (χ4v) is 3.30. The molecular weight excluding hydrogens is 360 g/mol. The molecule has 0 radical (unpaired) electrons. The molecule has 0 fully saturated rings. The highest BCUT2D eigenvalue weighted by atomic mass is 16.2. The summed E-state index contributed by atoms with van der Waals surface area (Å²) in [6.07, 6.45) is 1.64. The van der Waals surface area contributed by atoms with E-state index in [1.165, 1.54) is 0 Å². The summed E-state index contributed by atoms with van der Waals surface area (Å²) in [5.74, 6) is -0.277. The molecule has 0 saturated heterocycles. The van der Waals surface area contributed by atoms with Crippen LogP contribution >= 0.6 is 0 Å². The Hall–Kier alpha value is -3.86. The van der Waals surface area contributed by atoms with Crippen LogP contribution in [0.1, 0.15) is 16.1 Å². The van der Waals surface area contributed by atoms with Crippen molar-refractivity contribution in [1.29, 1.82) is 0 Å². The lowest BCUT2D eigenvalue weighted by atomic mass is 10.0. The number of hydrazone groups is 1. The first kappa shape index (κ1) is 18.5. The van der Waals surface area contributed by atoms with Crippen molar-refractivity contribution in [2.75, 3.05) is 19.0 Å². The number of H-pyrrole nitrogens is 1. The van der Waals surface area contributed by atoms with E-state index >= 15 is 0 Å². The molecule has 4 rings (SSSR count). The lowest BCUT2D eigenvalue weighted by Crippen LogP contribution is -2.18. The number of rotatable bonds is 5. The number of benzene rings is 3. The summed E-state index contributed by atoms with van der Waals surface area (Å²) in [4.78, 5) is 18.2. The van der Waals surface area contributed by atoms with Gasteiger partial charge in [-0.3, -0.25) is 4.79 Å². The van der Waals surface area contributed by atoms with Crippen molar-refractivity contribution in [2.45, 2.75) is 0 Å². The average Bonchev–Trinajstić information content (AvgIpc) is 3.14. The molecule has 5 heteroatoms. The molecule has 0 aliphatic carbocycles. The normalized spacial score (nSPS) is 11.1. The van der Waals surface area contributed by atoms with Crippen molar-refractivity contribution in [3.63, 3.8) is 0 Å². The van der Waals surface area contributed by atoms with Crippen LogP contribution in [0, 0.1) is 0 Å². The number of hydrogen-bond acceptors (Lipinski definition) is 3. The summed E-state index contributed by atoms with van der Waals surface area (Å²) in [7, 11) is 3.99. The van der Waals surface area contributed by atoms with E-state index in [0.29, 0.717) is 5.69 Å². The van der Waals surface area contributed by atoms with Crippen molar-refractivity contribution in [3.05, 3.63) is 90.1 Å². The van der Waals surface area contributed by atoms with Crippen LogP contribution < -0.4 is 10.3 Å². The van der Waals surface area contributed by atoms with Gasteiger partial charge in [0.15, 0.2) is 0 Å². The number of nitrogens with zero attached hydrogens (tertiary/aromatic N) is 2.